The molecule has 0 aromatic heterocycles. The summed E-state index contributed by atoms with van der Waals surface area (Å²) in [6, 6.07) is 14.0. The molecule has 3 rings (SSSR count). The lowest BCUT2D eigenvalue weighted by Crippen LogP contribution is -2.36. The number of aryl methyl sites for hydroxylation is 1. The second-order valence-corrected chi connectivity index (χ2v) is 6.50. The second kappa shape index (κ2) is 6.53. The Kier molecular flexibility index (Phi) is 4.48. The number of nitrogen functional groups attached to an aromatic ring is 1. The van der Waals surface area contributed by atoms with Gasteiger partial charge in [-0.1, -0.05) is 46.3 Å². The van der Waals surface area contributed by atoms with Gasteiger partial charge in [-0.2, -0.15) is 0 Å². The molecule has 0 unspecified atom stereocenters. The molecule has 114 valence electrons. The molecule has 0 saturated heterocycles. The quantitative estimate of drug-likeness (QED) is 0.852. The number of hydrogen-bond donors (Lipinski definition) is 1. The maximum absolute atomic E-state index is 12.5. The van der Waals surface area contributed by atoms with Crippen molar-refractivity contribution < 1.29 is 4.79 Å². The number of halogens is 1. The number of amides is 1. The summed E-state index contributed by atoms with van der Waals surface area (Å²) in [5, 5.41) is 0. The van der Waals surface area contributed by atoms with Crippen LogP contribution in [0.5, 0.6) is 0 Å². The summed E-state index contributed by atoms with van der Waals surface area (Å²) in [6.07, 6.45) is 2.13. The molecular formula is C18H19BrN2O. The standard InChI is InChI=1S/C18H19BrN2O/c19-16-6-3-5-14-12-21(11-10-15(14)16)18(22)9-8-13-4-1-2-7-17(13)20/h1-7H,8-12,20H2. The van der Waals surface area contributed by atoms with Crippen LogP contribution in [0.4, 0.5) is 5.69 Å². The number of nitrogens with two attached hydrogens (primary N) is 1. The number of hydrogen-bond acceptors (Lipinski definition) is 2. The van der Waals surface area contributed by atoms with Crippen LogP contribution in [0, 0.1) is 0 Å². The molecule has 1 amide bonds. The van der Waals surface area contributed by atoms with Gasteiger partial charge < -0.3 is 10.6 Å². The van der Waals surface area contributed by atoms with E-state index in [0.29, 0.717) is 19.4 Å². The van der Waals surface area contributed by atoms with E-state index in [4.69, 9.17) is 5.73 Å². The molecular weight excluding hydrogens is 340 g/mol. The minimum absolute atomic E-state index is 0.203. The van der Waals surface area contributed by atoms with Crippen LogP contribution < -0.4 is 5.73 Å². The molecule has 0 radical (unpaired) electrons. The van der Waals surface area contributed by atoms with Crippen molar-refractivity contribution in [3.05, 3.63) is 63.6 Å². The molecule has 0 saturated carbocycles. The van der Waals surface area contributed by atoms with E-state index in [2.05, 4.69) is 28.1 Å². The first-order valence-electron chi connectivity index (χ1n) is 7.52. The average Bonchev–Trinajstić information content (AvgIpc) is 2.54. The van der Waals surface area contributed by atoms with Crippen LogP contribution in [0.25, 0.3) is 0 Å². The summed E-state index contributed by atoms with van der Waals surface area (Å²) in [5.41, 5.74) is 10.3. The average molecular weight is 359 g/mol. The first-order valence-corrected chi connectivity index (χ1v) is 8.32. The van der Waals surface area contributed by atoms with Gasteiger partial charge in [0.25, 0.3) is 0 Å². The second-order valence-electron chi connectivity index (χ2n) is 5.64. The van der Waals surface area contributed by atoms with Crippen LogP contribution in [-0.4, -0.2) is 17.4 Å². The highest BCUT2D eigenvalue weighted by Gasteiger charge is 2.21. The normalized spacial score (nSPS) is 13.8. The number of carbonyl (C=O) groups excluding carboxylic acids is 1. The molecule has 1 aliphatic heterocycles. The van der Waals surface area contributed by atoms with E-state index >= 15 is 0 Å². The van der Waals surface area contributed by atoms with E-state index in [1.807, 2.05) is 35.2 Å². The van der Waals surface area contributed by atoms with Gasteiger partial charge in [-0.15, -0.1) is 0 Å². The highest BCUT2D eigenvalue weighted by atomic mass is 79.9. The van der Waals surface area contributed by atoms with Gasteiger partial charge in [0.05, 0.1) is 0 Å². The summed E-state index contributed by atoms with van der Waals surface area (Å²) in [4.78, 5) is 14.4. The van der Waals surface area contributed by atoms with E-state index < -0.39 is 0 Å². The topological polar surface area (TPSA) is 46.3 Å². The third-order valence-electron chi connectivity index (χ3n) is 4.22. The first kappa shape index (κ1) is 15.1. The summed E-state index contributed by atoms with van der Waals surface area (Å²) in [7, 11) is 0. The number of carbonyl (C=O) groups is 1. The van der Waals surface area contributed by atoms with Crippen molar-refractivity contribution in [1.29, 1.82) is 0 Å². The van der Waals surface area contributed by atoms with Crippen molar-refractivity contribution in [1.82, 2.24) is 4.90 Å². The lowest BCUT2D eigenvalue weighted by molar-refractivity contribution is -0.132. The Morgan fingerprint density at radius 2 is 2.00 bits per heavy atom. The van der Waals surface area contributed by atoms with Crippen molar-refractivity contribution in [3.8, 4) is 0 Å². The molecule has 0 bridgehead atoms. The molecule has 2 aromatic carbocycles. The van der Waals surface area contributed by atoms with E-state index in [-0.39, 0.29) is 5.91 Å². The summed E-state index contributed by atoms with van der Waals surface area (Å²) >= 11 is 3.59. The zero-order chi connectivity index (χ0) is 15.5. The van der Waals surface area contributed by atoms with Gasteiger partial charge in [0.15, 0.2) is 0 Å². The Morgan fingerprint density at radius 3 is 2.82 bits per heavy atom. The molecule has 1 heterocycles. The molecule has 3 nitrogen and oxygen atoms in total. The van der Waals surface area contributed by atoms with Gasteiger partial charge in [-0.25, -0.2) is 0 Å². The van der Waals surface area contributed by atoms with Crippen LogP contribution in [0.2, 0.25) is 0 Å². The monoisotopic (exact) mass is 358 g/mol. The SMILES string of the molecule is Nc1ccccc1CCC(=O)N1CCc2c(Br)cccc2C1. The minimum atomic E-state index is 0.203. The van der Waals surface area contributed by atoms with Gasteiger partial charge in [0.1, 0.15) is 0 Å². The molecule has 4 heteroatoms. The largest absolute Gasteiger partial charge is 0.399 e. The third kappa shape index (κ3) is 3.17. The zero-order valence-corrected chi connectivity index (χ0v) is 14.0. The maximum Gasteiger partial charge on any atom is 0.223 e. The van der Waals surface area contributed by atoms with Crippen molar-refractivity contribution >= 4 is 27.5 Å². The van der Waals surface area contributed by atoms with Crippen molar-refractivity contribution in [2.45, 2.75) is 25.8 Å². The first-order chi connectivity index (χ1) is 10.6. The highest BCUT2D eigenvalue weighted by Crippen LogP contribution is 2.26. The number of fused-ring (bicyclic) bond motifs is 1. The van der Waals surface area contributed by atoms with Crippen molar-refractivity contribution in [2.75, 3.05) is 12.3 Å². The van der Waals surface area contributed by atoms with Crippen LogP contribution >= 0.6 is 15.9 Å². The maximum atomic E-state index is 12.5. The van der Waals surface area contributed by atoms with Crippen LogP contribution in [0.15, 0.2) is 46.9 Å². The molecule has 0 fully saturated rings. The minimum Gasteiger partial charge on any atom is -0.399 e. The Balaban J connectivity index is 1.63. The van der Waals surface area contributed by atoms with E-state index in [9.17, 15) is 4.79 Å². The zero-order valence-electron chi connectivity index (χ0n) is 12.4. The predicted octanol–water partition coefficient (Wildman–Crippen LogP) is 3.55. The van der Waals surface area contributed by atoms with Gasteiger partial charge in [0.2, 0.25) is 5.91 Å². The molecule has 2 N–H and O–H groups in total. The van der Waals surface area contributed by atoms with Gasteiger partial charge in [0, 0.05) is 29.7 Å². The predicted molar refractivity (Wildman–Crippen MR) is 92.4 cm³/mol. The van der Waals surface area contributed by atoms with E-state index in [1.54, 1.807) is 0 Å². The molecule has 1 aliphatic rings. The van der Waals surface area contributed by atoms with Crippen LogP contribution in [-0.2, 0) is 24.2 Å². The number of anilines is 1. The Bertz CT molecular complexity index is 699. The van der Waals surface area contributed by atoms with Crippen LogP contribution in [0.3, 0.4) is 0 Å². The van der Waals surface area contributed by atoms with E-state index in [1.165, 1.54) is 11.1 Å². The fraction of sp³-hybridized carbons (Fsp3) is 0.278. The molecule has 0 spiro atoms. The lowest BCUT2D eigenvalue weighted by Gasteiger charge is -2.29. The summed E-state index contributed by atoms with van der Waals surface area (Å²) in [5.74, 6) is 0.203. The van der Waals surface area contributed by atoms with Crippen molar-refractivity contribution in [2.24, 2.45) is 0 Å². The number of nitrogens with zero attached hydrogens (tertiary/aromatic N) is 1. The molecule has 0 atom stereocenters. The Morgan fingerprint density at radius 1 is 1.18 bits per heavy atom. The smallest absolute Gasteiger partial charge is 0.223 e. The van der Waals surface area contributed by atoms with Gasteiger partial charge >= 0.3 is 0 Å². The summed E-state index contributed by atoms with van der Waals surface area (Å²) < 4.78 is 1.15. The molecule has 22 heavy (non-hydrogen) atoms. The summed E-state index contributed by atoms with van der Waals surface area (Å²) in [6.45, 7) is 1.50. The third-order valence-corrected chi connectivity index (χ3v) is 4.97. The van der Waals surface area contributed by atoms with Crippen molar-refractivity contribution in [3.63, 3.8) is 0 Å². The van der Waals surface area contributed by atoms with Gasteiger partial charge in [-0.3, -0.25) is 4.79 Å². The number of para-hydroxylation sites is 1. The fourth-order valence-corrected chi connectivity index (χ4v) is 3.54. The fourth-order valence-electron chi connectivity index (χ4n) is 2.94. The number of benzene rings is 2. The number of rotatable bonds is 3. The molecule has 0 aliphatic carbocycles. The van der Waals surface area contributed by atoms with Crippen LogP contribution in [0.1, 0.15) is 23.1 Å². The Labute approximate surface area is 139 Å². The lowest BCUT2D eigenvalue weighted by atomic mass is 9.99. The van der Waals surface area contributed by atoms with Gasteiger partial charge in [-0.05, 0) is 41.7 Å². The highest BCUT2D eigenvalue weighted by molar-refractivity contribution is 9.10. The Hall–Kier alpha value is -1.81. The molecule has 2 aromatic rings. The van der Waals surface area contributed by atoms with E-state index in [0.717, 1.165) is 28.7 Å².